The van der Waals surface area contributed by atoms with Gasteiger partial charge in [-0.15, -0.1) is 0 Å². The number of rotatable bonds is 5. The first kappa shape index (κ1) is 18.8. The number of aryl methyl sites for hydroxylation is 1. The van der Waals surface area contributed by atoms with Crippen molar-refractivity contribution >= 4 is 21.6 Å². The summed E-state index contributed by atoms with van der Waals surface area (Å²) in [5.74, 6) is 0.745. The first-order valence-electron chi connectivity index (χ1n) is 9.47. The van der Waals surface area contributed by atoms with Gasteiger partial charge in [-0.1, -0.05) is 24.3 Å². The molecule has 0 bridgehead atoms. The lowest BCUT2D eigenvalue weighted by atomic mass is 10.1. The lowest BCUT2D eigenvalue weighted by Crippen LogP contribution is -2.37. The number of carbonyl (C=O) groups is 1. The average molecular weight is 401 g/mol. The minimum Gasteiger partial charge on any atom is -0.494 e. The highest BCUT2D eigenvalue weighted by Crippen LogP contribution is 2.36. The van der Waals surface area contributed by atoms with Crippen LogP contribution in [0.2, 0.25) is 0 Å². The monoisotopic (exact) mass is 400 g/mol. The SMILES string of the molecule is CCOc1ccc(N2C(=O)N(Cc3ccccc3C)[C@@H]3CS(=O)(=O)C[C@@H]32)cc1. The van der Waals surface area contributed by atoms with E-state index in [1.165, 1.54) is 0 Å². The summed E-state index contributed by atoms with van der Waals surface area (Å²) in [4.78, 5) is 16.6. The molecule has 0 N–H and O–H groups in total. The van der Waals surface area contributed by atoms with Gasteiger partial charge in [-0.25, -0.2) is 13.2 Å². The third-order valence-corrected chi connectivity index (χ3v) is 7.20. The minimum atomic E-state index is -3.18. The van der Waals surface area contributed by atoms with Gasteiger partial charge in [0.15, 0.2) is 9.84 Å². The van der Waals surface area contributed by atoms with Crippen LogP contribution in [0.25, 0.3) is 0 Å². The second-order valence-electron chi connectivity index (χ2n) is 7.35. The van der Waals surface area contributed by atoms with Crippen molar-refractivity contribution < 1.29 is 17.9 Å². The number of amides is 2. The zero-order valence-corrected chi connectivity index (χ0v) is 16.9. The van der Waals surface area contributed by atoms with E-state index >= 15 is 0 Å². The van der Waals surface area contributed by atoms with Crippen LogP contribution in [-0.2, 0) is 16.4 Å². The highest BCUT2D eigenvalue weighted by molar-refractivity contribution is 7.91. The number of benzene rings is 2. The van der Waals surface area contributed by atoms with Crippen molar-refractivity contribution in [2.45, 2.75) is 32.5 Å². The first-order chi connectivity index (χ1) is 13.4. The Balaban J connectivity index is 1.67. The van der Waals surface area contributed by atoms with Crippen LogP contribution in [0.3, 0.4) is 0 Å². The number of hydrogen-bond acceptors (Lipinski definition) is 4. The fourth-order valence-electron chi connectivity index (χ4n) is 4.10. The number of nitrogens with zero attached hydrogens (tertiary/aromatic N) is 2. The van der Waals surface area contributed by atoms with Gasteiger partial charge in [0.05, 0.1) is 30.2 Å². The highest BCUT2D eigenvalue weighted by Gasteiger charge is 2.53. The van der Waals surface area contributed by atoms with Gasteiger partial charge in [0.25, 0.3) is 0 Å². The smallest absolute Gasteiger partial charge is 0.325 e. The van der Waals surface area contributed by atoms with E-state index in [-0.39, 0.29) is 29.6 Å². The second kappa shape index (κ2) is 7.13. The zero-order chi connectivity index (χ0) is 19.9. The van der Waals surface area contributed by atoms with Crippen LogP contribution in [0.4, 0.5) is 10.5 Å². The molecule has 2 aliphatic heterocycles. The number of hydrogen-bond donors (Lipinski definition) is 0. The van der Waals surface area contributed by atoms with Gasteiger partial charge in [-0.3, -0.25) is 4.90 Å². The average Bonchev–Trinajstić information content (AvgIpc) is 3.08. The number of urea groups is 1. The topological polar surface area (TPSA) is 66.9 Å². The van der Waals surface area contributed by atoms with Crippen LogP contribution in [0.1, 0.15) is 18.1 Å². The van der Waals surface area contributed by atoms with Crippen LogP contribution in [-0.4, -0.2) is 49.5 Å². The van der Waals surface area contributed by atoms with Crippen molar-refractivity contribution in [3.63, 3.8) is 0 Å². The molecule has 2 amide bonds. The predicted molar refractivity (Wildman–Crippen MR) is 108 cm³/mol. The molecule has 2 aromatic carbocycles. The Morgan fingerprint density at radius 2 is 1.71 bits per heavy atom. The molecule has 2 aromatic rings. The number of carbonyl (C=O) groups excluding carboxylic acids is 1. The summed E-state index contributed by atoms with van der Waals surface area (Å²) in [6.45, 7) is 4.89. The van der Waals surface area contributed by atoms with E-state index < -0.39 is 9.84 Å². The first-order valence-corrected chi connectivity index (χ1v) is 11.3. The Labute approximate surface area is 165 Å². The van der Waals surface area contributed by atoms with E-state index in [1.54, 1.807) is 9.80 Å². The van der Waals surface area contributed by atoms with Crippen molar-refractivity contribution in [1.82, 2.24) is 4.90 Å². The van der Waals surface area contributed by atoms with Crippen LogP contribution >= 0.6 is 0 Å². The molecule has 0 spiro atoms. The van der Waals surface area contributed by atoms with E-state index in [9.17, 15) is 13.2 Å². The Bertz CT molecular complexity index is 988. The van der Waals surface area contributed by atoms with E-state index in [0.717, 1.165) is 16.9 Å². The molecule has 0 radical (unpaired) electrons. The van der Waals surface area contributed by atoms with Crippen molar-refractivity contribution in [3.8, 4) is 5.75 Å². The predicted octanol–water partition coefficient (Wildman–Crippen LogP) is 3.00. The van der Waals surface area contributed by atoms with E-state index in [0.29, 0.717) is 18.8 Å². The Hall–Kier alpha value is -2.54. The fourth-order valence-corrected chi connectivity index (χ4v) is 6.05. The molecule has 2 atom stereocenters. The third kappa shape index (κ3) is 3.35. The molecule has 148 valence electrons. The number of fused-ring (bicyclic) bond motifs is 1. The Morgan fingerprint density at radius 1 is 1.04 bits per heavy atom. The molecule has 0 unspecified atom stereocenters. The quantitative estimate of drug-likeness (QED) is 0.724. The summed E-state index contributed by atoms with van der Waals surface area (Å²) in [7, 11) is -3.18. The Morgan fingerprint density at radius 3 is 2.39 bits per heavy atom. The third-order valence-electron chi connectivity index (χ3n) is 5.51. The van der Waals surface area contributed by atoms with Crippen molar-refractivity contribution in [2.75, 3.05) is 23.0 Å². The molecule has 7 heteroatoms. The molecule has 0 aliphatic carbocycles. The summed E-state index contributed by atoms with van der Waals surface area (Å²) in [5.41, 5.74) is 2.83. The summed E-state index contributed by atoms with van der Waals surface area (Å²) in [6.07, 6.45) is 0. The van der Waals surface area contributed by atoms with Crippen LogP contribution in [0, 0.1) is 6.92 Å². The van der Waals surface area contributed by atoms with Gasteiger partial charge in [-0.05, 0) is 49.2 Å². The van der Waals surface area contributed by atoms with Gasteiger partial charge in [0, 0.05) is 12.2 Å². The van der Waals surface area contributed by atoms with E-state index in [1.807, 2.05) is 62.4 Å². The van der Waals surface area contributed by atoms with Crippen molar-refractivity contribution in [2.24, 2.45) is 0 Å². The maximum atomic E-state index is 13.3. The summed E-state index contributed by atoms with van der Waals surface area (Å²) in [5, 5.41) is 0. The standard InChI is InChI=1S/C21H24N2O4S/c1-3-27-18-10-8-17(9-11-18)23-20-14-28(25,26)13-19(20)22(21(23)24)12-16-7-5-4-6-15(16)2/h4-11,19-20H,3,12-14H2,1-2H3/t19-,20+/m1/s1. The van der Waals surface area contributed by atoms with E-state index in [4.69, 9.17) is 4.74 Å². The zero-order valence-electron chi connectivity index (χ0n) is 16.0. The maximum absolute atomic E-state index is 13.3. The van der Waals surface area contributed by atoms with Crippen molar-refractivity contribution in [3.05, 3.63) is 59.7 Å². The molecule has 4 rings (SSSR count). The molecule has 0 saturated carbocycles. The maximum Gasteiger partial charge on any atom is 0.325 e. The number of anilines is 1. The van der Waals surface area contributed by atoms with Gasteiger partial charge in [0.2, 0.25) is 0 Å². The highest BCUT2D eigenvalue weighted by atomic mass is 32.2. The molecule has 2 saturated heterocycles. The lowest BCUT2D eigenvalue weighted by molar-refractivity contribution is 0.205. The van der Waals surface area contributed by atoms with Crippen LogP contribution in [0.15, 0.2) is 48.5 Å². The van der Waals surface area contributed by atoms with Crippen molar-refractivity contribution in [1.29, 1.82) is 0 Å². The Kier molecular flexibility index (Phi) is 4.79. The minimum absolute atomic E-state index is 0.000883. The molecular weight excluding hydrogens is 376 g/mol. The number of ether oxygens (including phenoxy) is 1. The lowest BCUT2D eigenvalue weighted by Gasteiger charge is -2.23. The van der Waals surface area contributed by atoms with Gasteiger partial charge < -0.3 is 9.64 Å². The molecular formula is C21H24N2O4S. The fraction of sp³-hybridized carbons (Fsp3) is 0.381. The normalized spacial score (nSPS) is 23.1. The molecule has 2 heterocycles. The molecule has 28 heavy (non-hydrogen) atoms. The van der Waals surface area contributed by atoms with Gasteiger partial charge in [-0.2, -0.15) is 0 Å². The van der Waals surface area contributed by atoms with Crippen LogP contribution < -0.4 is 9.64 Å². The molecule has 2 fully saturated rings. The van der Waals surface area contributed by atoms with Crippen LogP contribution in [0.5, 0.6) is 5.75 Å². The summed E-state index contributed by atoms with van der Waals surface area (Å²) < 4.78 is 30.2. The molecule has 6 nitrogen and oxygen atoms in total. The molecule has 0 aromatic heterocycles. The van der Waals surface area contributed by atoms with E-state index in [2.05, 4.69) is 0 Å². The molecule has 2 aliphatic rings. The van der Waals surface area contributed by atoms with Gasteiger partial charge in [0.1, 0.15) is 5.75 Å². The summed E-state index contributed by atoms with van der Waals surface area (Å²) in [6, 6.07) is 14.3. The largest absolute Gasteiger partial charge is 0.494 e. The second-order valence-corrected chi connectivity index (χ2v) is 9.50. The summed E-state index contributed by atoms with van der Waals surface area (Å²) >= 11 is 0. The number of sulfone groups is 1. The van der Waals surface area contributed by atoms with Gasteiger partial charge >= 0.3 is 6.03 Å².